The van der Waals surface area contributed by atoms with Gasteiger partial charge in [0.15, 0.2) is 15.0 Å². The highest BCUT2D eigenvalue weighted by atomic mass is 32.2. The van der Waals surface area contributed by atoms with Gasteiger partial charge in [-0.15, -0.1) is 0 Å². The van der Waals surface area contributed by atoms with Crippen LogP contribution in [0.1, 0.15) is 20.9 Å². The molecule has 10 nitrogen and oxygen atoms in total. The number of amides is 3. The number of anilines is 3. The molecule has 0 bridgehead atoms. The van der Waals surface area contributed by atoms with Crippen LogP contribution in [-0.4, -0.2) is 44.7 Å². The highest BCUT2D eigenvalue weighted by Crippen LogP contribution is 2.31. The number of fused-ring (bicyclic) bond motifs is 1. The van der Waals surface area contributed by atoms with Crippen LogP contribution in [-0.2, 0) is 22.8 Å². The third kappa shape index (κ3) is 5.76. The van der Waals surface area contributed by atoms with Crippen molar-refractivity contribution >= 4 is 49.6 Å². The van der Waals surface area contributed by atoms with Gasteiger partial charge in [0.05, 0.1) is 34.5 Å². The minimum absolute atomic E-state index is 0.139. The van der Waals surface area contributed by atoms with Gasteiger partial charge in [-0.25, -0.2) is 18.2 Å². The molecule has 0 radical (unpaired) electrons. The lowest BCUT2D eigenvalue weighted by Gasteiger charge is -2.28. The molecule has 1 aliphatic rings. The molecule has 4 rings (SSSR count). The van der Waals surface area contributed by atoms with Gasteiger partial charge in [0.1, 0.15) is 6.54 Å². The smallest absolute Gasteiger partial charge is 0.325 e. The number of carbonyl (C=O) groups is 2. The fraction of sp³-hybridized carbons (Fsp3) is 0.217. The molecule has 35 heavy (non-hydrogen) atoms. The average Bonchev–Trinajstić information content (AvgIpc) is 3.23. The lowest BCUT2D eigenvalue weighted by atomic mass is 10.1. The van der Waals surface area contributed by atoms with Gasteiger partial charge in [0, 0.05) is 29.8 Å². The van der Waals surface area contributed by atoms with E-state index in [1.165, 1.54) is 17.6 Å². The molecule has 0 spiro atoms. The van der Waals surface area contributed by atoms with Gasteiger partial charge in [-0.1, -0.05) is 29.5 Å². The normalized spacial score (nSPS) is 12.9. The van der Waals surface area contributed by atoms with Crippen LogP contribution in [0.25, 0.3) is 0 Å². The highest BCUT2D eigenvalue weighted by molar-refractivity contribution is 7.90. The standard InChI is InChI=1S/C23H22N6O4S2/c1-35(32,33)16-6-4-5-15(13-16)29-12-9-19-20(14-29)34-23(27-19)28-22(31)26-18-8-3-2-7-17(18)21(30)25-11-10-24/h2-8,13H,9,11-12,14H2,1H3,(H,25,30)(H2,26,27,28,31). The second-order valence-corrected chi connectivity index (χ2v) is 10.9. The highest BCUT2D eigenvalue weighted by Gasteiger charge is 2.23. The maximum atomic E-state index is 12.6. The molecule has 3 aromatic rings. The van der Waals surface area contributed by atoms with Gasteiger partial charge in [-0.05, 0) is 30.3 Å². The molecule has 1 aliphatic heterocycles. The summed E-state index contributed by atoms with van der Waals surface area (Å²) in [7, 11) is -3.30. The Hall–Kier alpha value is -3.95. The molecule has 0 unspecified atom stereocenters. The number of nitriles is 1. The van der Waals surface area contributed by atoms with Crippen LogP contribution in [0.4, 0.5) is 21.3 Å². The van der Waals surface area contributed by atoms with E-state index >= 15 is 0 Å². The summed E-state index contributed by atoms with van der Waals surface area (Å²) in [5.41, 5.74) is 2.24. The predicted octanol–water partition coefficient (Wildman–Crippen LogP) is 3.01. The van der Waals surface area contributed by atoms with E-state index in [1.54, 1.807) is 42.5 Å². The van der Waals surface area contributed by atoms with E-state index in [0.29, 0.717) is 30.3 Å². The van der Waals surface area contributed by atoms with Gasteiger partial charge < -0.3 is 15.5 Å². The summed E-state index contributed by atoms with van der Waals surface area (Å²) >= 11 is 1.35. The first-order chi connectivity index (χ1) is 16.7. The number of benzene rings is 2. The molecule has 3 amide bonds. The summed E-state index contributed by atoms with van der Waals surface area (Å²) in [4.78, 5) is 32.7. The molecule has 1 aromatic heterocycles. The summed E-state index contributed by atoms with van der Waals surface area (Å²) in [5.74, 6) is -0.466. The summed E-state index contributed by atoms with van der Waals surface area (Å²) in [5, 5.41) is 16.9. The van der Waals surface area contributed by atoms with Crippen molar-refractivity contribution in [2.75, 3.05) is 34.9 Å². The predicted molar refractivity (Wildman–Crippen MR) is 133 cm³/mol. The van der Waals surface area contributed by atoms with Crippen molar-refractivity contribution < 1.29 is 18.0 Å². The first-order valence-electron chi connectivity index (χ1n) is 10.6. The number of sulfone groups is 1. The van der Waals surface area contributed by atoms with E-state index in [1.807, 2.05) is 12.1 Å². The molecule has 180 valence electrons. The molecule has 0 atom stereocenters. The first-order valence-corrected chi connectivity index (χ1v) is 13.3. The molecule has 3 N–H and O–H groups in total. The van der Waals surface area contributed by atoms with Crippen LogP contribution < -0.4 is 20.9 Å². The number of para-hydroxylation sites is 1. The number of nitrogens with zero attached hydrogens (tertiary/aromatic N) is 3. The number of rotatable bonds is 6. The number of aromatic nitrogens is 1. The molecular weight excluding hydrogens is 488 g/mol. The molecule has 2 aromatic carbocycles. The molecular formula is C23H22N6O4S2. The lowest BCUT2D eigenvalue weighted by molar-refractivity contribution is 0.0959. The van der Waals surface area contributed by atoms with E-state index in [4.69, 9.17) is 5.26 Å². The van der Waals surface area contributed by atoms with Crippen molar-refractivity contribution in [1.82, 2.24) is 10.3 Å². The fourth-order valence-electron chi connectivity index (χ4n) is 3.64. The topological polar surface area (TPSA) is 144 Å². The second-order valence-electron chi connectivity index (χ2n) is 7.80. The zero-order valence-corrected chi connectivity index (χ0v) is 20.4. The van der Waals surface area contributed by atoms with Crippen molar-refractivity contribution in [1.29, 1.82) is 5.26 Å². The van der Waals surface area contributed by atoms with Crippen molar-refractivity contribution in [3.05, 3.63) is 64.7 Å². The summed E-state index contributed by atoms with van der Waals surface area (Å²) in [6.45, 7) is 1.08. The maximum Gasteiger partial charge on any atom is 0.325 e. The van der Waals surface area contributed by atoms with E-state index in [9.17, 15) is 18.0 Å². The van der Waals surface area contributed by atoms with Crippen LogP contribution >= 0.6 is 11.3 Å². The SMILES string of the molecule is CS(=O)(=O)c1cccc(N2CCc3nc(NC(=O)Nc4ccccc4C(=O)NCC#N)sc3C2)c1. The quantitative estimate of drug-likeness (QED) is 0.432. The van der Waals surface area contributed by atoms with Crippen molar-refractivity contribution in [2.45, 2.75) is 17.9 Å². The summed E-state index contributed by atoms with van der Waals surface area (Å²) in [6.07, 6.45) is 1.84. The van der Waals surface area contributed by atoms with Gasteiger partial charge in [-0.3, -0.25) is 10.1 Å². The minimum Gasteiger partial charge on any atom is -0.366 e. The molecule has 0 saturated carbocycles. The number of carbonyl (C=O) groups excluding carboxylic acids is 2. The molecule has 0 fully saturated rings. The minimum atomic E-state index is -3.30. The van der Waals surface area contributed by atoms with E-state index in [-0.39, 0.29) is 17.0 Å². The van der Waals surface area contributed by atoms with Gasteiger partial charge >= 0.3 is 6.03 Å². The number of urea groups is 1. The largest absolute Gasteiger partial charge is 0.366 e. The number of hydrogen-bond donors (Lipinski definition) is 3. The Bertz CT molecular complexity index is 1430. The van der Waals surface area contributed by atoms with E-state index in [2.05, 4.69) is 25.8 Å². The van der Waals surface area contributed by atoms with Crippen LogP contribution in [0.5, 0.6) is 0 Å². The Balaban J connectivity index is 1.44. The third-order valence-corrected chi connectivity index (χ3v) is 7.42. The Morgan fingerprint density at radius 3 is 2.74 bits per heavy atom. The Morgan fingerprint density at radius 1 is 1.17 bits per heavy atom. The van der Waals surface area contributed by atoms with Crippen molar-refractivity contribution in [3.63, 3.8) is 0 Å². The second kappa shape index (κ2) is 10.1. The zero-order chi connectivity index (χ0) is 25.0. The van der Waals surface area contributed by atoms with E-state index in [0.717, 1.165) is 16.3 Å². The molecule has 12 heteroatoms. The van der Waals surface area contributed by atoms with Gasteiger partial charge in [0.2, 0.25) is 0 Å². The van der Waals surface area contributed by atoms with Gasteiger partial charge in [-0.2, -0.15) is 5.26 Å². The number of thiazole rings is 1. The number of nitrogens with one attached hydrogen (secondary N) is 3. The van der Waals surface area contributed by atoms with Crippen LogP contribution in [0.3, 0.4) is 0 Å². The third-order valence-electron chi connectivity index (χ3n) is 5.31. The molecule has 2 heterocycles. The summed E-state index contributed by atoms with van der Waals surface area (Å²) in [6, 6.07) is 14.6. The maximum absolute atomic E-state index is 12.6. The Labute approximate surface area is 206 Å². The Kier molecular flexibility index (Phi) is 6.99. The molecule has 0 aliphatic carbocycles. The first kappa shape index (κ1) is 24.2. The fourth-order valence-corrected chi connectivity index (χ4v) is 5.32. The molecule has 0 saturated heterocycles. The van der Waals surface area contributed by atoms with Crippen LogP contribution in [0, 0.1) is 11.3 Å². The van der Waals surface area contributed by atoms with Crippen LogP contribution in [0.15, 0.2) is 53.4 Å². The Morgan fingerprint density at radius 2 is 1.97 bits per heavy atom. The number of hydrogen-bond acceptors (Lipinski definition) is 8. The van der Waals surface area contributed by atoms with Crippen molar-refractivity contribution in [2.24, 2.45) is 0 Å². The zero-order valence-electron chi connectivity index (χ0n) is 18.7. The lowest BCUT2D eigenvalue weighted by Crippen LogP contribution is -2.29. The average molecular weight is 511 g/mol. The van der Waals surface area contributed by atoms with Gasteiger partial charge in [0.25, 0.3) is 5.91 Å². The van der Waals surface area contributed by atoms with Crippen LogP contribution in [0.2, 0.25) is 0 Å². The summed E-state index contributed by atoms with van der Waals surface area (Å²) < 4.78 is 23.8. The van der Waals surface area contributed by atoms with Crippen molar-refractivity contribution in [3.8, 4) is 6.07 Å². The van der Waals surface area contributed by atoms with E-state index < -0.39 is 21.8 Å². The monoisotopic (exact) mass is 510 g/mol.